The summed E-state index contributed by atoms with van der Waals surface area (Å²) >= 11 is 0. The van der Waals surface area contributed by atoms with Gasteiger partial charge in [-0.3, -0.25) is 4.98 Å². The molecule has 0 saturated heterocycles. The van der Waals surface area contributed by atoms with E-state index in [1.54, 1.807) is 12.3 Å². The molecule has 2 rings (SSSR count). The molecule has 3 heteroatoms. The highest BCUT2D eigenvalue weighted by Gasteiger charge is 2.09. The zero-order chi connectivity index (χ0) is 13.7. The first kappa shape index (κ1) is 13.7. The first-order chi connectivity index (χ1) is 9.22. The molecule has 1 aromatic carbocycles. The summed E-state index contributed by atoms with van der Waals surface area (Å²) < 4.78 is 13.9. The minimum Gasteiger partial charge on any atom is -0.313 e. The van der Waals surface area contributed by atoms with Crippen LogP contribution in [0.1, 0.15) is 24.5 Å². The van der Waals surface area contributed by atoms with Gasteiger partial charge < -0.3 is 5.32 Å². The number of rotatable bonds is 5. The van der Waals surface area contributed by atoms with Gasteiger partial charge in [-0.2, -0.15) is 0 Å². The van der Waals surface area contributed by atoms with Crippen molar-refractivity contribution in [3.8, 4) is 11.1 Å². The van der Waals surface area contributed by atoms with Gasteiger partial charge in [0, 0.05) is 18.3 Å². The third-order valence-electron chi connectivity index (χ3n) is 3.07. The van der Waals surface area contributed by atoms with Gasteiger partial charge >= 0.3 is 0 Å². The van der Waals surface area contributed by atoms with Gasteiger partial charge in [0.15, 0.2) is 0 Å². The average Bonchev–Trinajstić information content (AvgIpc) is 2.41. The molecular weight excluding hydrogens is 239 g/mol. The first-order valence-electron chi connectivity index (χ1n) is 6.62. The number of benzene rings is 1. The third kappa shape index (κ3) is 3.38. The predicted octanol–water partition coefficient (Wildman–Crippen LogP) is 3.70. The van der Waals surface area contributed by atoms with Gasteiger partial charge in [0.05, 0.1) is 6.20 Å². The molecule has 0 aliphatic heterocycles. The summed E-state index contributed by atoms with van der Waals surface area (Å²) in [5, 5.41) is 3.36. The van der Waals surface area contributed by atoms with E-state index in [4.69, 9.17) is 0 Å². The minimum atomic E-state index is -0.273. The molecule has 0 atom stereocenters. The van der Waals surface area contributed by atoms with Gasteiger partial charge in [0.25, 0.3) is 0 Å². The highest BCUT2D eigenvalue weighted by molar-refractivity contribution is 5.68. The Hall–Kier alpha value is -1.74. The topological polar surface area (TPSA) is 24.9 Å². The van der Waals surface area contributed by atoms with Crippen molar-refractivity contribution in [2.24, 2.45) is 0 Å². The fraction of sp³-hybridized carbons (Fsp3) is 0.312. The van der Waals surface area contributed by atoms with E-state index < -0.39 is 0 Å². The molecule has 1 aromatic heterocycles. The van der Waals surface area contributed by atoms with Crippen LogP contribution < -0.4 is 5.32 Å². The van der Waals surface area contributed by atoms with Crippen molar-refractivity contribution in [2.45, 2.75) is 26.8 Å². The molecular formula is C16H19FN2. The van der Waals surface area contributed by atoms with E-state index in [1.165, 1.54) is 6.20 Å². The van der Waals surface area contributed by atoms with E-state index >= 15 is 0 Å². The van der Waals surface area contributed by atoms with Gasteiger partial charge in [0.2, 0.25) is 0 Å². The molecule has 0 radical (unpaired) electrons. The van der Waals surface area contributed by atoms with Crippen LogP contribution in [-0.2, 0) is 6.54 Å². The lowest BCUT2D eigenvalue weighted by Gasteiger charge is -2.12. The third-order valence-corrected chi connectivity index (χ3v) is 3.07. The van der Waals surface area contributed by atoms with Crippen LogP contribution in [-0.4, -0.2) is 11.5 Å². The van der Waals surface area contributed by atoms with E-state index in [2.05, 4.69) is 29.4 Å². The number of halogens is 1. The maximum absolute atomic E-state index is 13.9. The fourth-order valence-electron chi connectivity index (χ4n) is 2.09. The normalized spacial score (nSPS) is 10.7. The average molecular weight is 258 g/mol. The number of aryl methyl sites for hydroxylation is 1. The highest BCUT2D eigenvalue weighted by Crippen LogP contribution is 2.26. The molecule has 0 unspecified atom stereocenters. The molecule has 2 aromatic rings. The summed E-state index contributed by atoms with van der Waals surface area (Å²) in [6.45, 7) is 5.87. The van der Waals surface area contributed by atoms with Crippen molar-refractivity contribution in [2.75, 3.05) is 6.54 Å². The molecule has 0 amide bonds. The van der Waals surface area contributed by atoms with E-state index in [-0.39, 0.29) is 5.82 Å². The monoisotopic (exact) mass is 258 g/mol. The van der Waals surface area contributed by atoms with E-state index in [9.17, 15) is 4.39 Å². The molecule has 0 spiro atoms. The number of hydrogen-bond donors (Lipinski definition) is 1. The summed E-state index contributed by atoms with van der Waals surface area (Å²) in [6, 6.07) is 7.88. The summed E-state index contributed by atoms with van der Waals surface area (Å²) in [6.07, 6.45) is 3.98. The first-order valence-corrected chi connectivity index (χ1v) is 6.62. The second-order valence-electron chi connectivity index (χ2n) is 4.69. The molecule has 0 bridgehead atoms. The Morgan fingerprint density at radius 3 is 2.79 bits per heavy atom. The molecule has 1 N–H and O–H groups in total. The number of pyridine rings is 1. The van der Waals surface area contributed by atoms with Crippen molar-refractivity contribution in [1.82, 2.24) is 10.3 Å². The molecule has 0 aliphatic carbocycles. The van der Waals surface area contributed by atoms with Crippen LogP contribution in [0, 0.1) is 12.7 Å². The lowest BCUT2D eigenvalue weighted by Crippen LogP contribution is -2.14. The van der Waals surface area contributed by atoms with Gasteiger partial charge in [-0.05, 0) is 37.1 Å². The standard InChI is InChI=1S/C16H19FN2/c1-3-7-18-10-13-5-4-12(2)9-15(13)14-6-8-19-11-16(14)17/h4-6,8-9,11,18H,3,7,10H2,1-2H3. The van der Waals surface area contributed by atoms with Gasteiger partial charge in [-0.15, -0.1) is 0 Å². The van der Waals surface area contributed by atoms with Gasteiger partial charge in [-0.1, -0.05) is 30.7 Å². The Balaban J connectivity index is 2.37. The summed E-state index contributed by atoms with van der Waals surface area (Å²) in [5.41, 5.74) is 3.81. The van der Waals surface area contributed by atoms with Crippen LogP contribution in [0.15, 0.2) is 36.7 Å². The summed E-state index contributed by atoms with van der Waals surface area (Å²) in [7, 11) is 0. The smallest absolute Gasteiger partial charge is 0.149 e. The van der Waals surface area contributed by atoms with Crippen LogP contribution >= 0.6 is 0 Å². The van der Waals surface area contributed by atoms with Crippen molar-refractivity contribution < 1.29 is 4.39 Å². The minimum absolute atomic E-state index is 0.273. The number of nitrogens with one attached hydrogen (secondary N) is 1. The second-order valence-corrected chi connectivity index (χ2v) is 4.69. The predicted molar refractivity (Wildman–Crippen MR) is 76.4 cm³/mol. The van der Waals surface area contributed by atoms with Crippen molar-refractivity contribution >= 4 is 0 Å². The molecule has 2 nitrogen and oxygen atoms in total. The quantitative estimate of drug-likeness (QED) is 0.827. The number of nitrogens with zero attached hydrogens (tertiary/aromatic N) is 1. The SMILES string of the molecule is CCCNCc1ccc(C)cc1-c1ccncc1F. The van der Waals surface area contributed by atoms with Crippen LogP contribution in [0.3, 0.4) is 0 Å². The van der Waals surface area contributed by atoms with Crippen molar-refractivity contribution in [3.05, 3.63) is 53.6 Å². The van der Waals surface area contributed by atoms with Crippen LogP contribution in [0.4, 0.5) is 4.39 Å². The number of hydrogen-bond acceptors (Lipinski definition) is 2. The molecule has 0 saturated carbocycles. The Morgan fingerprint density at radius 1 is 1.21 bits per heavy atom. The lowest BCUT2D eigenvalue weighted by molar-refractivity contribution is 0.624. The van der Waals surface area contributed by atoms with Crippen molar-refractivity contribution in [1.29, 1.82) is 0 Å². The van der Waals surface area contributed by atoms with Crippen molar-refractivity contribution in [3.63, 3.8) is 0 Å². The highest BCUT2D eigenvalue weighted by atomic mass is 19.1. The molecule has 1 heterocycles. The van der Waals surface area contributed by atoms with E-state index in [1.807, 2.05) is 13.0 Å². The maximum Gasteiger partial charge on any atom is 0.149 e. The lowest BCUT2D eigenvalue weighted by atomic mass is 9.98. The van der Waals surface area contributed by atoms with Gasteiger partial charge in [-0.25, -0.2) is 4.39 Å². The van der Waals surface area contributed by atoms with E-state index in [0.717, 1.165) is 36.2 Å². The molecule has 100 valence electrons. The Bertz CT molecular complexity index is 552. The zero-order valence-electron chi connectivity index (χ0n) is 11.4. The summed E-state index contributed by atoms with van der Waals surface area (Å²) in [5.74, 6) is -0.273. The Morgan fingerprint density at radius 2 is 2.05 bits per heavy atom. The van der Waals surface area contributed by atoms with Crippen LogP contribution in [0.25, 0.3) is 11.1 Å². The molecule has 19 heavy (non-hydrogen) atoms. The van der Waals surface area contributed by atoms with E-state index in [0.29, 0.717) is 5.56 Å². The van der Waals surface area contributed by atoms with Crippen LogP contribution in [0.5, 0.6) is 0 Å². The number of aromatic nitrogens is 1. The molecule has 0 fully saturated rings. The largest absolute Gasteiger partial charge is 0.313 e. The Labute approximate surface area is 113 Å². The fourth-order valence-corrected chi connectivity index (χ4v) is 2.09. The molecule has 0 aliphatic rings. The zero-order valence-corrected chi connectivity index (χ0v) is 11.4. The second kappa shape index (κ2) is 6.43. The maximum atomic E-state index is 13.9. The summed E-state index contributed by atoms with van der Waals surface area (Å²) in [4.78, 5) is 3.81. The Kier molecular flexibility index (Phi) is 4.63. The van der Waals surface area contributed by atoms with Crippen LogP contribution in [0.2, 0.25) is 0 Å². The van der Waals surface area contributed by atoms with Gasteiger partial charge in [0.1, 0.15) is 5.82 Å².